The molecule has 0 aliphatic carbocycles. The molecule has 12 heavy (non-hydrogen) atoms. The molecule has 0 bridgehead atoms. The summed E-state index contributed by atoms with van der Waals surface area (Å²) in [6.07, 6.45) is 0. The Balaban J connectivity index is 3.00. The summed E-state index contributed by atoms with van der Waals surface area (Å²) in [6, 6.07) is 6.37. The lowest BCUT2D eigenvalue weighted by Crippen LogP contribution is -1.92. The average molecular weight is 205 g/mol. The molecule has 64 valence electrons. The molecule has 0 aliphatic heterocycles. The van der Waals surface area contributed by atoms with Crippen molar-refractivity contribution in [1.29, 1.82) is 0 Å². The van der Waals surface area contributed by atoms with Crippen LogP contribution in [0, 0.1) is 10.1 Å². The Labute approximate surface area is 78.3 Å². The molecular formula is C6H5ClN2O2S. The second-order valence-electron chi connectivity index (χ2n) is 1.90. The smallest absolute Gasteiger partial charge is 0.258 e. The van der Waals surface area contributed by atoms with Crippen LogP contribution in [0.3, 0.4) is 0 Å². The van der Waals surface area contributed by atoms with Crippen molar-refractivity contribution in [2.45, 2.75) is 4.90 Å². The van der Waals surface area contributed by atoms with E-state index in [4.69, 9.17) is 11.8 Å². The molecule has 0 unspecified atom stereocenters. The molecule has 1 aromatic rings. The standard InChI is InChI=1S/C6H5ClN2O2S/c7-8-12-6-4-2-1-3-5(6)9(10)11/h1-4,8H. The number of para-hydroxylation sites is 1. The van der Waals surface area contributed by atoms with Crippen LogP contribution < -0.4 is 4.24 Å². The highest BCUT2D eigenvalue weighted by Gasteiger charge is 2.11. The van der Waals surface area contributed by atoms with Crippen molar-refractivity contribution < 1.29 is 4.92 Å². The fraction of sp³-hybridized carbons (Fsp3) is 0. The second kappa shape index (κ2) is 4.30. The summed E-state index contributed by atoms with van der Waals surface area (Å²) < 4.78 is 2.26. The van der Waals surface area contributed by atoms with Crippen molar-refractivity contribution in [1.82, 2.24) is 4.24 Å². The topological polar surface area (TPSA) is 55.2 Å². The van der Waals surface area contributed by atoms with Crippen LogP contribution in [0.5, 0.6) is 0 Å². The number of nitrogens with one attached hydrogen (secondary N) is 1. The van der Waals surface area contributed by atoms with Gasteiger partial charge in [0.1, 0.15) is 4.90 Å². The molecule has 1 rings (SSSR count). The zero-order valence-electron chi connectivity index (χ0n) is 5.86. The minimum Gasteiger partial charge on any atom is -0.258 e. The van der Waals surface area contributed by atoms with Crippen LogP contribution in [0.1, 0.15) is 0 Å². The van der Waals surface area contributed by atoms with Gasteiger partial charge in [-0.25, -0.2) is 0 Å². The van der Waals surface area contributed by atoms with Crippen LogP contribution in [0.15, 0.2) is 29.2 Å². The molecule has 0 radical (unpaired) electrons. The number of nitrogens with zero attached hydrogens (tertiary/aromatic N) is 1. The van der Waals surface area contributed by atoms with Crippen molar-refractivity contribution >= 4 is 29.4 Å². The van der Waals surface area contributed by atoms with E-state index in [-0.39, 0.29) is 5.69 Å². The Kier molecular flexibility index (Phi) is 3.33. The second-order valence-corrected chi connectivity index (χ2v) is 3.17. The van der Waals surface area contributed by atoms with E-state index in [0.717, 1.165) is 11.9 Å². The van der Waals surface area contributed by atoms with Gasteiger partial charge in [-0.1, -0.05) is 12.1 Å². The van der Waals surface area contributed by atoms with Gasteiger partial charge in [-0.05, 0) is 29.8 Å². The zero-order valence-corrected chi connectivity index (χ0v) is 7.43. The maximum Gasteiger partial charge on any atom is 0.284 e. The number of nitro benzene ring substituents is 1. The first kappa shape index (κ1) is 9.31. The Morgan fingerprint density at radius 2 is 2.17 bits per heavy atom. The lowest BCUT2D eigenvalue weighted by Gasteiger charge is -1.97. The van der Waals surface area contributed by atoms with Crippen LogP contribution in [0.25, 0.3) is 0 Å². The summed E-state index contributed by atoms with van der Waals surface area (Å²) in [4.78, 5) is 10.5. The Morgan fingerprint density at radius 1 is 1.50 bits per heavy atom. The molecule has 0 saturated heterocycles. The number of halogens is 1. The molecule has 0 heterocycles. The molecule has 6 heteroatoms. The van der Waals surface area contributed by atoms with Gasteiger partial charge in [0.05, 0.1) is 4.92 Å². The first-order chi connectivity index (χ1) is 5.75. The van der Waals surface area contributed by atoms with Gasteiger partial charge < -0.3 is 0 Å². The molecule has 0 aliphatic rings. The lowest BCUT2D eigenvalue weighted by atomic mass is 10.3. The predicted octanol–water partition coefficient (Wildman–Crippen LogP) is 2.35. The number of nitro groups is 1. The molecule has 1 aromatic carbocycles. The highest BCUT2D eigenvalue weighted by atomic mass is 35.5. The SMILES string of the molecule is O=[N+]([O-])c1ccccc1SNCl. The highest BCUT2D eigenvalue weighted by molar-refractivity contribution is 7.98. The average Bonchev–Trinajstić information content (AvgIpc) is 2.05. The summed E-state index contributed by atoms with van der Waals surface area (Å²) in [7, 11) is 0. The van der Waals surface area contributed by atoms with Crippen molar-refractivity contribution in [3.8, 4) is 0 Å². The molecule has 0 atom stereocenters. The van der Waals surface area contributed by atoms with Gasteiger partial charge in [0.2, 0.25) is 0 Å². The maximum absolute atomic E-state index is 10.4. The fourth-order valence-electron chi connectivity index (χ4n) is 0.736. The molecular weight excluding hydrogens is 200 g/mol. The van der Waals surface area contributed by atoms with E-state index in [1.54, 1.807) is 18.2 Å². The molecule has 0 fully saturated rings. The van der Waals surface area contributed by atoms with E-state index in [9.17, 15) is 10.1 Å². The van der Waals surface area contributed by atoms with Crippen molar-refractivity contribution in [2.24, 2.45) is 0 Å². The lowest BCUT2D eigenvalue weighted by molar-refractivity contribution is -0.387. The van der Waals surface area contributed by atoms with Crippen molar-refractivity contribution in [3.05, 3.63) is 34.4 Å². The largest absolute Gasteiger partial charge is 0.284 e. The summed E-state index contributed by atoms with van der Waals surface area (Å²) in [6.45, 7) is 0. The quantitative estimate of drug-likeness (QED) is 0.355. The van der Waals surface area contributed by atoms with Gasteiger partial charge in [0, 0.05) is 6.07 Å². The molecule has 4 nitrogen and oxygen atoms in total. The number of hydrogen-bond acceptors (Lipinski definition) is 4. The minimum absolute atomic E-state index is 0.0515. The Bertz CT molecular complexity index is 295. The summed E-state index contributed by atoms with van der Waals surface area (Å²) in [5, 5.41) is 10.4. The zero-order chi connectivity index (χ0) is 8.97. The first-order valence-electron chi connectivity index (χ1n) is 3.01. The summed E-state index contributed by atoms with van der Waals surface area (Å²) in [5.74, 6) is 0. The van der Waals surface area contributed by atoms with Crippen LogP contribution in [-0.2, 0) is 0 Å². The summed E-state index contributed by atoms with van der Waals surface area (Å²) >= 11 is 6.21. The van der Waals surface area contributed by atoms with Gasteiger partial charge in [-0.15, -0.1) is 0 Å². The van der Waals surface area contributed by atoms with E-state index in [2.05, 4.69) is 4.24 Å². The maximum atomic E-state index is 10.4. The third-order valence-corrected chi connectivity index (χ3v) is 2.08. The molecule has 0 aromatic heterocycles. The van der Waals surface area contributed by atoms with Gasteiger partial charge in [0.25, 0.3) is 5.69 Å². The van der Waals surface area contributed by atoms with Gasteiger partial charge in [0.15, 0.2) is 0 Å². The number of benzene rings is 1. The Hall–Kier alpha value is -0.780. The highest BCUT2D eigenvalue weighted by Crippen LogP contribution is 2.26. The molecule has 0 spiro atoms. The van der Waals surface area contributed by atoms with E-state index >= 15 is 0 Å². The van der Waals surface area contributed by atoms with Crippen molar-refractivity contribution in [2.75, 3.05) is 0 Å². The van der Waals surface area contributed by atoms with E-state index in [0.29, 0.717) is 4.90 Å². The predicted molar refractivity (Wildman–Crippen MR) is 47.9 cm³/mol. The number of hydrogen-bond donors (Lipinski definition) is 1. The Morgan fingerprint density at radius 3 is 2.75 bits per heavy atom. The molecule has 1 N–H and O–H groups in total. The van der Waals surface area contributed by atoms with E-state index in [1.807, 2.05) is 0 Å². The first-order valence-corrected chi connectivity index (χ1v) is 4.21. The van der Waals surface area contributed by atoms with Gasteiger partial charge in [-0.2, -0.15) is 4.24 Å². The summed E-state index contributed by atoms with van der Waals surface area (Å²) in [5.41, 5.74) is 0.0515. The van der Waals surface area contributed by atoms with Crippen LogP contribution in [0.4, 0.5) is 5.69 Å². The third-order valence-electron chi connectivity index (χ3n) is 1.21. The number of rotatable bonds is 3. The monoisotopic (exact) mass is 204 g/mol. The third kappa shape index (κ3) is 2.10. The normalized spacial score (nSPS) is 9.75. The van der Waals surface area contributed by atoms with Crippen LogP contribution in [0.2, 0.25) is 0 Å². The van der Waals surface area contributed by atoms with Crippen molar-refractivity contribution in [3.63, 3.8) is 0 Å². The van der Waals surface area contributed by atoms with Crippen LogP contribution in [-0.4, -0.2) is 4.92 Å². The van der Waals surface area contributed by atoms with Crippen LogP contribution >= 0.6 is 23.7 Å². The molecule has 0 saturated carbocycles. The van der Waals surface area contributed by atoms with E-state index < -0.39 is 4.92 Å². The minimum atomic E-state index is -0.448. The van der Waals surface area contributed by atoms with E-state index in [1.165, 1.54) is 6.07 Å². The van der Waals surface area contributed by atoms with Gasteiger partial charge >= 0.3 is 0 Å². The molecule has 0 amide bonds. The fourth-order valence-corrected chi connectivity index (χ4v) is 1.46. The van der Waals surface area contributed by atoms with Gasteiger partial charge in [-0.3, -0.25) is 10.1 Å².